The molecule has 3 unspecified atom stereocenters. The van der Waals surface area contributed by atoms with Crippen LogP contribution in [0.15, 0.2) is 53.1 Å². The van der Waals surface area contributed by atoms with E-state index in [4.69, 9.17) is 14.1 Å². The summed E-state index contributed by atoms with van der Waals surface area (Å²) in [5.41, 5.74) is 4.18. The number of furan rings is 1. The zero-order valence-electron chi connectivity index (χ0n) is 34.9. The summed E-state index contributed by atoms with van der Waals surface area (Å²) in [7, 11) is -0.500. The number of hydrogen-bond acceptors (Lipinski definition) is 10. The van der Waals surface area contributed by atoms with Crippen molar-refractivity contribution in [2.75, 3.05) is 26.4 Å². The average Bonchev–Trinajstić information content (AvgIpc) is 4.07. The molecule has 0 saturated carbocycles. The van der Waals surface area contributed by atoms with Crippen molar-refractivity contribution in [3.05, 3.63) is 60.3 Å². The van der Waals surface area contributed by atoms with Gasteiger partial charge >= 0.3 is 6.09 Å². The third-order valence-corrected chi connectivity index (χ3v) is 15.6. The van der Waals surface area contributed by atoms with Gasteiger partial charge in [-0.25, -0.2) is 14.8 Å². The minimum Gasteiger partial charge on any atom is -0.454 e. The summed E-state index contributed by atoms with van der Waals surface area (Å²) < 4.78 is 12.2. The molecule has 2 aromatic carbocycles. The lowest BCUT2D eigenvalue weighted by Gasteiger charge is -2.30. The van der Waals surface area contributed by atoms with E-state index >= 15 is 0 Å². The van der Waals surface area contributed by atoms with E-state index < -0.39 is 38.8 Å². The monoisotopic (exact) mass is 852 g/mol. The third-order valence-electron chi connectivity index (χ3n) is 11.8. The molecular weight excluding hydrogens is 801 g/mol. The number of imidazole rings is 2. The number of benzene rings is 2. The molecule has 4 atom stereocenters. The second kappa shape index (κ2) is 16.2. The van der Waals surface area contributed by atoms with Crippen molar-refractivity contribution in [1.29, 1.82) is 0 Å². The van der Waals surface area contributed by atoms with Gasteiger partial charge in [0, 0.05) is 27.7 Å². The lowest BCUT2D eigenvalue weighted by Crippen LogP contribution is -2.52. The summed E-state index contributed by atoms with van der Waals surface area (Å²) in [6.07, 6.45) is 3.34. The minimum atomic E-state index is -1.78. The molecule has 2 aliphatic rings. The maximum atomic E-state index is 13.9. The standard InChI is InChI=1S/C43H52N8O7SSi/c1-22(2)37(48-36(53)19-52)42(55)51-21-60(6,7)20-31(51)40-45-27-13-26-16-34(59-35(26)17-28(27)46-40)25-11-10-24-14-33(58-32(24)15-25)29-18-44-39(47-29)30-9-8-12-50(30)41(54)38(23(3)4)49-43(56)57-5/h10-11,13-18,22-23,30-31,37-38,52H,8-9,12,19-21H2,1-7H3,(H,44,47)(H,45,46)(H,48,53)(H,49,56)/t30?,31-,37?,38?/m0/s1. The Morgan fingerprint density at radius 1 is 0.950 bits per heavy atom. The number of likely N-dealkylation sites (tertiary alicyclic amines) is 1. The van der Waals surface area contributed by atoms with E-state index in [-0.39, 0.29) is 35.7 Å². The van der Waals surface area contributed by atoms with Gasteiger partial charge in [-0.3, -0.25) is 14.4 Å². The summed E-state index contributed by atoms with van der Waals surface area (Å²) in [5.74, 6) is 0.915. The first-order chi connectivity index (χ1) is 28.6. The van der Waals surface area contributed by atoms with Crippen LogP contribution in [0.3, 0.4) is 0 Å². The third kappa shape index (κ3) is 7.92. The number of alkyl carbamates (subject to hydrolysis) is 1. The normalized spacial score (nSPS) is 18.9. The molecule has 6 aromatic rings. The van der Waals surface area contributed by atoms with Crippen LogP contribution >= 0.6 is 11.3 Å². The van der Waals surface area contributed by atoms with E-state index in [1.54, 1.807) is 22.4 Å². The molecule has 0 radical (unpaired) electrons. The van der Waals surface area contributed by atoms with Crippen molar-refractivity contribution in [3.63, 3.8) is 0 Å². The molecule has 4 amide bonds. The Bertz CT molecular complexity index is 2560. The van der Waals surface area contributed by atoms with Gasteiger partial charge in [0.15, 0.2) is 5.76 Å². The number of methoxy groups -OCH3 is 1. The Balaban J connectivity index is 1.01. The SMILES string of the molecule is COC(=O)NC(C(=O)N1CCCC1c1ncc(-c2cc3ccc(-c4cc5cc6[nH]c([C@@H]7C[Si](C)(C)CN7C(=O)C(NC(=O)CO)C(C)C)nc6cc5s4)cc3o2)[nH]1)C(C)C. The van der Waals surface area contributed by atoms with E-state index in [0.717, 1.165) is 67.2 Å². The molecule has 2 saturated heterocycles. The van der Waals surface area contributed by atoms with Gasteiger partial charge in [0.2, 0.25) is 17.7 Å². The maximum absolute atomic E-state index is 13.9. The van der Waals surface area contributed by atoms with Gasteiger partial charge in [0.25, 0.3) is 0 Å². The molecule has 5 N–H and O–H groups in total. The van der Waals surface area contributed by atoms with E-state index in [1.165, 1.54) is 7.11 Å². The predicted octanol–water partition coefficient (Wildman–Crippen LogP) is 6.89. The van der Waals surface area contributed by atoms with E-state index in [0.29, 0.717) is 30.0 Å². The van der Waals surface area contributed by atoms with Crippen LogP contribution in [0.25, 0.3) is 54.0 Å². The first kappa shape index (κ1) is 41.2. The number of H-pyrrole nitrogens is 2. The summed E-state index contributed by atoms with van der Waals surface area (Å²) in [5, 5.41) is 16.8. The zero-order valence-corrected chi connectivity index (χ0v) is 36.7. The molecule has 60 heavy (non-hydrogen) atoms. The Labute approximate surface area is 352 Å². The lowest BCUT2D eigenvalue weighted by molar-refractivity contribution is -0.139. The number of carbonyl (C=O) groups excluding carboxylic acids is 4. The second-order valence-electron chi connectivity index (χ2n) is 17.5. The molecule has 8 rings (SSSR count). The lowest BCUT2D eigenvalue weighted by atomic mass is 10.0. The van der Waals surface area contributed by atoms with Gasteiger partial charge in [-0.2, -0.15) is 0 Å². The number of ether oxygens (including phenoxy) is 1. The molecule has 4 aromatic heterocycles. The van der Waals surface area contributed by atoms with Gasteiger partial charge in [0.1, 0.15) is 41.6 Å². The number of nitrogens with zero attached hydrogens (tertiary/aromatic N) is 4. The van der Waals surface area contributed by atoms with Gasteiger partial charge in [0.05, 0.1) is 44.5 Å². The van der Waals surface area contributed by atoms with Crippen LogP contribution in [0, 0.1) is 11.8 Å². The van der Waals surface area contributed by atoms with Crippen LogP contribution in [0.4, 0.5) is 4.79 Å². The second-order valence-corrected chi connectivity index (χ2v) is 23.7. The van der Waals surface area contributed by atoms with Crippen LogP contribution in [0.2, 0.25) is 19.1 Å². The summed E-state index contributed by atoms with van der Waals surface area (Å²) in [4.78, 5) is 73.1. The molecule has 2 fully saturated rings. The average molecular weight is 853 g/mol. The number of aromatic nitrogens is 4. The molecule has 17 heteroatoms. The Morgan fingerprint density at radius 3 is 2.43 bits per heavy atom. The first-order valence-corrected chi connectivity index (χ1v) is 24.7. The number of rotatable bonds is 11. The molecule has 6 heterocycles. The van der Waals surface area contributed by atoms with E-state index in [1.807, 2.05) is 50.8 Å². The first-order valence-electron chi connectivity index (χ1n) is 20.5. The molecule has 0 bridgehead atoms. The number of carbonyl (C=O) groups is 4. The predicted molar refractivity (Wildman–Crippen MR) is 233 cm³/mol. The van der Waals surface area contributed by atoms with E-state index in [9.17, 15) is 24.3 Å². The molecule has 316 valence electrons. The Hall–Kier alpha value is -5.52. The molecular formula is C43H52N8O7SSi. The smallest absolute Gasteiger partial charge is 0.407 e. The Morgan fingerprint density at radius 2 is 1.70 bits per heavy atom. The summed E-state index contributed by atoms with van der Waals surface area (Å²) in [6.45, 7) is 12.0. The molecule has 0 spiro atoms. The summed E-state index contributed by atoms with van der Waals surface area (Å²) in [6, 6.07) is 13.5. The summed E-state index contributed by atoms with van der Waals surface area (Å²) >= 11 is 1.67. The van der Waals surface area contributed by atoms with Crippen molar-refractivity contribution in [2.24, 2.45) is 11.8 Å². The van der Waals surface area contributed by atoms with E-state index in [2.05, 4.69) is 62.9 Å². The fourth-order valence-electron chi connectivity index (χ4n) is 8.66. The Kier molecular flexibility index (Phi) is 11.1. The van der Waals surface area contributed by atoms with Crippen LogP contribution in [0.5, 0.6) is 0 Å². The highest BCUT2D eigenvalue weighted by Crippen LogP contribution is 2.41. The minimum absolute atomic E-state index is 0.124. The van der Waals surface area contributed by atoms with Gasteiger partial charge in [-0.1, -0.05) is 52.9 Å². The molecule has 15 nitrogen and oxygen atoms in total. The van der Waals surface area contributed by atoms with Crippen molar-refractivity contribution in [1.82, 2.24) is 40.4 Å². The van der Waals surface area contributed by atoms with Crippen molar-refractivity contribution >= 4 is 75.3 Å². The zero-order chi connectivity index (χ0) is 42.6. The molecule has 0 aliphatic carbocycles. The highest BCUT2D eigenvalue weighted by molar-refractivity contribution is 7.22. The fourth-order valence-corrected chi connectivity index (χ4v) is 12.6. The van der Waals surface area contributed by atoms with Crippen molar-refractivity contribution in [2.45, 2.75) is 83.8 Å². The number of aliphatic hydroxyl groups is 1. The van der Waals surface area contributed by atoms with Gasteiger partial charge in [-0.15, -0.1) is 11.3 Å². The number of thiophene rings is 1. The quantitative estimate of drug-likeness (QED) is 0.0862. The van der Waals surface area contributed by atoms with Gasteiger partial charge < -0.3 is 44.7 Å². The van der Waals surface area contributed by atoms with Crippen LogP contribution in [-0.4, -0.2) is 105 Å². The van der Waals surface area contributed by atoms with Crippen LogP contribution in [-0.2, 0) is 19.1 Å². The topological polar surface area (TPSA) is 199 Å². The van der Waals surface area contributed by atoms with Crippen molar-refractivity contribution in [3.8, 4) is 21.9 Å². The highest BCUT2D eigenvalue weighted by atomic mass is 32.1. The number of aliphatic hydroxyl groups excluding tert-OH is 1. The van der Waals surface area contributed by atoms with Crippen LogP contribution < -0.4 is 10.6 Å². The highest BCUT2D eigenvalue weighted by Gasteiger charge is 2.46. The fraction of sp³-hybridized carbons (Fsp3) is 0.442. The number of fused-ring (bicyclic) bond motifs is 3. The number of hydrogen-bond donors (Lipinski definition) is 5. The van der Waals surface area contributed by atoms with Crippen LogP contribution in [0.1, 0.15) is 64.3 Å². The number of aromatic amines is 2. The van der Waals surface area contributed by atoms with Gasteiger partial charge in [-0.05, 0) is 72.0 Å². The van der Waals surface area contributed by atoms with Crippen molar-refractivity contribution < 1.29 is 33.4 Å². The number of nitrogens with one attached hydrogen (secondary N) is 4. The largest absolute Gasteiger partial charge is 0.454 e. The number of amides is 4. The maximum Gasteiger partial charge on any atom is 0.407 e. The molecule has 2 aliphatic heterocycles.